The van der Waals surface area contributed by atoms with Crippen molar-refractivity contribution in [2.24, 2.45) is 0 Å². The maximum atomic E-state index is 9.95. The van der Waals surface area contributed by atoms with Crippen molar-refractivity contribution in [3.05, 3.63) is 48.5 Å². The summed E-state index contributed by atoms with van der Waals surface area (Å²) in [4.78, 5) is 9.23. The predicted molar refractivity (Wildman–Crippen MR) is 96.8 cm³/mol. The molecule has 1 saturated carbocycles. The second-order valence-electron chi connectivity index (χ2n) is 6.18. The van der Waals surface area contributed by atoms with E-state index in [1.165, 1.54) is 25.7 Å². The average Bonchev–Trinajstić information content (AvgIpc) is 3.10. The van der Waals surface area contributed by atoms with Gasteiger partial charge in [0.25, 0.3) is 0 Å². The van der Waals surface area contributed by atoms with Crippen molar-refractivity contribution in [2.45, 2.75) is 31.7 Å². The van der Waals surface area contributed by atoms with Gasteiger partial charge in [-0.3, -0.25) is 0 Å². The number of benzene rings is 2. The molecule has 1 aliphatic carbocycles. The van der Waals surface area contributed by atoms with Gasteiger partial charge in [-0.25, -0.2) is 4.98 Å². The zero-order chi connectivity index (χ0) is 16.4. The molecule has 0 spiro atoms. The summed E-state index contributed by atoms with van der Waals surface area (Å²) in [5.74, 6) is 1.51. The highest BCUT2D eigenvalue weighted by Crippen LogP contribution is 2.29. The standard InChI is InChI=1S/C19H20N4O/c24-17-12-6-5-11-16(17)22-19-21-15-10-4-3-9-14(15)18(23-19)20-13-7-1-2-8-13/h3-6,9-13,24H,1-2,7-8H2,(H2,20,21,22,23). The smallest absolute Gasteiger partial charge is 0.229 e. The van der Waals surface area contributed by atoms with E-state index in [0.29, 0.717) is 17.7 Å². The molecule has 0 radical (unpaired) electrons. The highest BCUT2D eigenvalue weighted by molar-refractivity contribution is 5.90. The van der Waals surface area contributed by atoms with Crippen LogP contribution in [0.1, 0.15) is 25.7 Å². The lowest BCUT2D eigenvalue weighted by Gasteiger charge is -2.16. The maximum absolute atomic E-state index is 9.95. The lowest BCUT2D eigenvalue weighted by Crippen LogP contribution is -2.16. The fourth-order valence-corrected chi connectivity index (χ4v) is 3.21. The minimum Gasteiger partial charge on any atom is -0.506 e. The molecule has 122 valence electrons. The Morgan fingerprint density at radius 1 is 0.917 bits per heavy atom. The second-order valence-corrected chi connectivity index (χ2v) is 6.18. The number of phenolic OH excluding ortho intramolecular Hbond substituents is 1. The first-order valence-corrected chi connectivity index (χ1v) is 8.38. The van der Waals surface area contributed by atoms with Crippen molar-refractivity contribution in [1.82, 2.24) is 9.97 Å². The summed E-state index contributed by atoms with van der Waals surface area (Å²) in [5, 5.41) is 17.7. The fourth-order valence-electron chi connectivity index (χ4n) is 3.21. The van der Waals surface area contributed by atoms with Crippen LogP contribution >= 0.6 is 0 Å². The Morgan fingerprint density at radius 2 is 1.67 bits per heavy atom. The Labute approximate surface area is 140 Å². The van der Waals surface area contributed by atoms with Crippen LogP contribution < -0.4 is 10.6 Å². The maximum Gasteiger partial charge on any atom is 0.229 e. The van der Waals surface area contributed by atoms with E-state index in [1.54, 1.807) is 18.2 Å². The van der Waals surface area contributed by atoms with E-state index in [4.69, 9.17) is 0 Å². The van der Waals surface area contributed by atoms with E-state index >= 15 is 0 Å². The van der Waals surface area contributed by atoms with Gasteiger partial charge in [0.15, 0.2) is 0 Å². The molecule has 1 aromatic heterocycles. The summed E-state index contributed by atoms with van der Waals surface area (Å²) in [6, 6.07) is 15.6. The molecule has 0 amide bonds. The molecule has 2 aromatic carbocycles. The van der Waals surface area contributed by atoms with Gasteiger partial charge in [-0.2, -0.15) is 4.98 Å². The van der Waals surface area contributed by atoms with Gasteiger partial charge in [-0.15, -0.1) is 0 Å². The molecule has 24 heavy (non-hydrogen) atoms. The molecule has 5 heteroatoms. The van der Waals surface area contributed by atoms with Crippen LogP contribution in [-0.4, -0.2) is 21.1 Å². The van der Waals surface area contributed by atoms with E-state index in [-0.39, 0.29) is 5.75 Å². The van der Waals surface area contributed by atoms with Crippen LogP contribution in [0.4, 0.5) is 17.5 Å². The van der Waals surface area contributed by atoms with Gasteiger partial charge < -0.3 is 15.7 Å². The van der Waals surface area contributed by atoms with Gasteiger partial charge in [0, 0.05) is 11.4 Å². The molecular formula is C19H20N4O. The average molecular weight is 320 g/mol. The van der Waals surface area contributed by atoms with Crippen molar-refractivity contribution in [1.29, 1.82) is 0 Å². The molecule has 0 unspecified atom stereocenters. The molecule has 3 N–H and O–H groups in total. The molecule has 4 rings (SSSR count). The van der Waals surface area contributed by atoms with Gasteiger partial charge in [0.05, 0.1) is 11.2 Å². The quantitative estimate of drug-likeness (QED) is 0.620. The Hall–Kier alpha value is -2.82. The number of rotatable bonds is 4. The van der Waals surface area contributed by atoms with Crippen molar-refractivity contribution in [3.63, 3.8) is 0 Å². The second kappa shape index (κ2) is 6.35. The van der Waals surface area contributed by atoms with Crippen LogP contribution in [0.25, 0.3) is 10.9 Å². The van der Waals surface area contributed by atoms with E-state index in [1.807, 2.05) is 30.3 Å². The minimum atomic E-state index is 0.180. The SMILES string of the molecule is Oc1ccccc1Nc1nc(NC2CCCC2)c2ccccc2n1. The van der Waals surface area contributed by atoms with Crippen LogP contribution in [0.5, 0.6) is 5.75 Å². The van der Waals surface area contributed by atoms with Gasteiger partial charge in [0.1, 0.15) is 11.6 Å². The minimum absolute atomic E-state index is 0.180. The largest absolute Gasteiger partial charge is 0.506 e. The van der Waals surface area contributed by atoms with Crippen molar-refractivity contribution in [2.75, 3.05) is 10.6 Å². The summed E-state index contributed by atoms with van der Waals surface area (Å²) >= 11 is 0. The molecule has 1 aliphatic rings. The lowest BCUT2D eigenvalue weighted by atomic mass is 10.2. The highest BCUT2D eigenvalue weighted by Gasteiger charge is 2.17. The van der Waals surface area contributed by atoms with Crippen LogP contribution in [0.3, 0.4) is 0 Å². The first-order valence-electron chi connectivity index (χ1n) is 8.38. The number of phenols is 1. The molecule has 1 fully saturated rings. The summed E-state index contributed by atoms with van der Waals surface area (Å²) in [6.07, 6.45) is 4.90. The van der Waals surface area contributed by atoms with Crippen molar-refractivity contribution < 1.29 is 5.11 Å². The van der Waals surface area contributed by atoms with E-state index in [0.717, 1.165) is 16.7 Å². The van der Waals surface area contributed by atoms with Crippen molar-refractivity contribution in [3.8, 4) is 5.75 Å². The topological polar surface area (TPSA) is 70.1 Å². The number of nitrogens with zero attached hydrogens (tertiary/aromatic N) is 2. The van der Waals surface area contributed by atoms with E-state index < -0.39 is 0 Å². The third kappa shape index (κ3) is 2.97. The number of aromatic hydroxyl groups is 1. The fraction of sp³-hybridized carbons (Fsp3) is 0.263. The number of hydrogen-bond acceptors (Lipinski definition) is 5. The monoisotopic (exact) mass is 320 g/mol. The molecular weight excluding hydrogens is 300 g/mol. The van der Waals surface area contributed by atoms with E-state index in [9.17, 15) is 5.11 Å². The summed E-state index contributed by atoms with van der Waals surface area (Å²) in [7, 11) is 0. The van der Waals surface area contributed by atoms with Crippen molar-refractivity contribution >= 4 is 28.4 Å². The van der Waals surface area contributed by atoms with Crippen LogP contribution in [0.15, 0.2) is 48.5 Å². The van der Waals surface area contributed by atoms with Gasteiger partial charge in [0.2, 0.25) is 5.95 Å². The summed E-state index contributed by atoms with van der Waals surface area (Å²) < 4.78 is 0. The molecule has 1 heterocycles. The number of aromatic nitrogens is 2. The number of para-hydroxylation sites is 3. The molecule has 0 bridgehead atoms. The molecule has 0 aliphatic heterocycles. The Morgan fingerprint density at radius 3 is 2.50 bits per heavy atom. The number of anilines is 3. The Kier molecular flexibility index (Phi) is 3.91. The third-order valence-corrected chi connectivity index (χ3v) is 4.45. The van der Waals surface area contributed by atoms with Crippen LogP contribution in [0.2, 0.25) is 0 Å². The molecule has 3 aromatic rings. The van der Waals surface area contributed by atoms with E-state index in [2.05, 4.69) is 20.6 Å². The summed E-state index contributed by atoms with van der Waals surface area (Å²) in [6.45, 7) is 0. The van der Waals surface area contributed by atoms with Gasteiger partial charge >= 0.3 is 0 Å². The number of hydrogen-bond donors (Lipinski definition) is 3. The molecule has 0 atom stereocenters. The van der Waals surface area contributed by atoms with Gasteiger partial charge in [-0.05, 0) is 37.1 Å². The zero-order valence-electron chi connectivity index (χ0n) is 13.4. The van der Waals surface area contributed by atoms with Crippen LogP contribution in [-0.2, 0) is 0 Å². The number of nitrogens with one attached hydrogen (secondary N) is 2. The highest BCUT2D eigenvalue weighted by atomic mass is 16.3. The zero-order valence-corrected chi connectivity index (χ0v) is 13.4. The Bertz CT molecular complexity index is 859. The summed E-state index contributed by atoms with van der Waals surface area (Å²) in [5.41, 5.74) is 1.48. The Balaban J connectivity index is 1.72. The predicted octanol–water partition coefficient (Wildman–Crippen LogP) is 4.43. The molecule has 5 nitrogen and oxygen atoms in total. The molecule has 0 saturated heterocycles. The van der Waals surface area contributed by atoms with Gasteiger partial charge in [-0.1, -0.05) is 37.1 Å². The third-order valence-electron chi connectivity index (χ3n) is 4.45. The normalized spacial score (nSPS) is 14.8. The first kappa shape index (κ1) is 14.8. The lowest BCUT2D eigenvalue weighted by molar-refractivity contribution is 0.477. The number of fused-ring (bicyclic) bond motifs is 1. The van der Waals surface area contributed by atoms with Crippen LogP contribution in [0, 0.1) is 0 Å². The first-order chi connectivity index (χ1) is 11.8.